The fourth-order valence-corrected chi connectivity index (χ4v) is 6.49. The van der Waals surface area contributed by atoms with E-state index < -0.39 is 10.0 Å². The average molecular weight is 566 g/mol. The van der Waals surface area contributed by atoms with Crippen LogP contribution < -0.4 is 20.1 Å². The maximum absolute atomic E-state index is 13.2. The summed E-state index contributed by atoms with van der Waals surface area (Å²) in [4.78, 5) is 0. The number of rotatable bonds is 7. The van der Waals surface area contributed by atoms with Gasteiger partial charge in [0.15, 0.2) is 0 Å². The zero-order chi connectivity index (χ0) is 24.6. The molecule has 2 aliphatic rings. The molecule has 3 aromatic rings. The van der Waals surface area contributed by atoms with Crippen molar-refractivity contribution in [3.8, 4) is 5.75 Å². The molecule has 0 bridgehead atoms. The molecule has 4 N–H and O–H groups in total. The van der Waals surface area contributed by atoms with E-state index in [-0.39, 0.29) is 42.4 Å². The molecule has 0 saturated carbocycles. The van der Waals surface area contributed by atoms with Crippen LogP contribution in [0.2, 0.25) is 0 Å². The zero-order valence-electron chi connectivity index (χ0n) is 20.8. The molecule has 3 aromatic carbocycles. The van der Waals surface area contributed by atoms with E-state index in [1.165, 1.54) is 6.42 Å². The van der Waals surface area contributed by atoms with E-state index in [0.29, 0.717) is 24.5 Å². The Hall–Kier alpha value is -2.52. The summed E-state index contributed by atoms with van der Waals surface area (Å²) >= 11 is 0. The number of amidine groups is 1. The van der Waals surface area contributed by atoms with Crippen molar-refractivity contribution in [3.05, 3.63) is 71.3 Å². The maximum Gasteiger partial charge on any atom is 0.235 e. The molecule has 10 heteroatoms. The van der Waals surface area contributed by atoms with Gasteiger partial charge in [-0.2, -0.15) is 0 Å². The van der Waals surface area contributed by atoms with Crippen molar-refractivity contribution < 1.29 is 13.2 Å². The van der Waals surface area contributed by atoms with Gasteiger partial charge in [0.2, 0.25) is 10.0 Å². The molecule has 0 amide bonds. The van der Waals surface area contributed by atoms with Crippen molar-refractivity contribution in [3.63, 3.8) is 0 Å². The minimum absolute atomic E-state index is 0. The third-order valence-corrected chi connectivity index (χ3v) is 8.87. The number of nitrogens with two attached hydrogens (primary N) is 1. The minimum Gasteiger partial charge on any atom is -0.493 e. The molecule has 2 unspecified atom stereocenters. The SMILES string of the molecule is CCS(=O)(=O)N1c2ccc(OCC3CCCNC3)cc2CC1c1ccc2ccc(C(=N)N)cc2c1.Cl.Cl. The number of sulfonamides is 1. The monoisotopic (exact) mass is 564 g/mol. The van der Waals surface area contributed by atoms with Crippen LogP contribution in [0.3, 0.4) is 0 Å². The van der Waals surface area contributed by atoms with Gasteiger partial charge in [-0.1, -0.05) is 24.3 Å². The van der Waals surface area contributed by atoms with E-state index in [9.17, 15) is 8.42 Å². The summed E-state index contributed by atoms with van der Waals surface area (Å²) in [6.07, 6.45) is 2.91. The molecule has 2 heterocycles. The Morgan fingerprint density at radius 3 is 2.59 bits per heavy atom. The molecule has 200 valence electrons. The van der Waals surface area contributed by atoms with Crippen molar-refractivity contribution in [2.45, 2.75) is 32.2 Å². The molecule has 5 rings (SSSR count). The van der Waals surface area contributed by atoms with Crippen LogP contribution in [0.5, 0.6) is 5.75 Å². The van der Waals surface area contributed by atoms with Gasteiger partial charge in [-0.25, -0.2) is 8.42 Å². The van der Waals surface area contributed by atoms with Crippen LogP contribution in [0.4, 0.5) is 5.69 Å². The molecule has 2 atom stereocenters. The highest BCUT2D eigenvalue weighted by Crippen LogP contribution is 2.44. The fourth-order valence-electron chi connectivity index (χ4n) is 5.15. The quantitative estimate of drug-likeness (QED) is 0.282. The number of nitrogens with one attached hydrogen (secondary N) is 2. The summed E-state index contributed by atoms with van der Waals surface area (Å²) in [5.41, 5.74) is 8.95. The standard InChI is InChI=1S/C27H32N4O3S.2ClH/c1-2-35(32,33)31-25-10-9-24(34-17-18-4-3-11-30-16-18)14-23(25)15-26(31)20-7-5-19-6-8-21(27(28)29)13-22(19)12-20;;/h5-10,12-14,18,26,30H,2-4,11,15-17H2,1H3,(H3,28,29);2*1H. The molecular formula is C27H34Cl2N4O3S. The molecule has 0 aromatic heterocycles. The van der Waals surface area contributed by atoms with E-state index in [2.05, 4.69) is 5.32 Å². The second-order valence-corrected chi connectivity index (χ2v) is 11.6. The lowest BCUT2D eigenvalue weighted by atomic mass is 9.98. The van der Waals surface area contributed by atoms with E-state index in [1.54, 1.807) is 11.2 Å². The Kier molecular flexibility index (Phi) is 9.34. The lowest BCUT2D eigenvalue weighted by Crippen LogP contribution is -2.33. The number of halogens is 2. The summed E-state index contributed by atoms with van der Waals surface area (Å²) in [6.45, 7) is 4.39. The highest BCUT2D eigenvalue weighted by Gasteiger charge is 2.38. The van der Waals surface area contributed by atoms with Gasteiger partial charge in [0.05, 0.1) is 24.1 Å². The van der Waals surface area contributed by atoms with Crippen molar-refractivity contribution >= 4 is 57.1 Å². The molecule has 37 heavy (non-hydrogen) atoms. The van der Waals surface area contributed by atoms with Gasteiger partial charge in [-0.05, 0) is 78.5 Å². The second-order valence-electron chi connectivity index (χ2n) is 9.47. The Morgan fingerprint density at radius 1 is 1.11 bits per heavy atom. The lowest BCUT2D eigenvalue weighted by Gasteiger charge is -2.27. The highest BCUT2D eigenvalue weighted by atomic mass is 35.5. The first-order valence-electron chi connectivity index (χ1n) is 12.2. The molecule has 2 aliphatic heterocycles. The van der Waals surface area contributed by atoms with E-state index in [0.717, 1.165) is 52.8 Å². The average Bonchev–Trinajstić information content (AvgIpc) is 3.27. The van der Waals surface area contributed by atoms with Crippen molar-refractivity contribution in [1.29, 1.82) is 5.41 Å². The maximum atomic E-state index is 13.2. The lowest BCUT2D eigenvalue weighted by molar-refractivity contribution is 0.218. The highest BCUT2D eigenvalue weighted by molar-refractivity contribution is 7.92. The first kappa shape index (κ1) is 29.0. The summed E-state index contributed by atoms with van der Waals surface area (Å²) in [7, 11) is -3.50. The molecular weight excluding hydrogens is 531 g/mol. The number of anilines is 1. The normalized spacial score (nSPS) is 19.0. The van der Waals surface area contributed by atoms with Crippen LogP contribution in [0.15, 0.2) is 54.6 Å². The Balaban J connectivity index is 0.00000190. The fraction of sp³-hybridized carbons (Fsp3) is 0.370. The number of ether oxygens (including phenoxy) is 1. The van der Waals surface area contributed by atoms with E-state index in [1.807, 2.05) is 54.6 Å². The van der Waals surface area contributed by atoms with Crippen molar-refractivity contribution in [2.24, 2.45) is 11.7 Å². The van der Waals surface area contributed by atoms with E-state index in [4.69, 9.17) is 15.9 Å². The van der Waals surface area contributed by atoms with Crippen LogP contribution in [-0.2, 0) is 16.4 Å². The Bertz CT molecular complexity index is 1380. The molecule has 1 fully saturated rings. The van der Waals surface area contributed by atoms with Crippen molar-refractivity contribution in [1.82, 2.24) is 5.32 Å². The third kappa shape index (κ3) is 5.98. The smallest absolute Gasteiger partial charge is 0.235 e. The third-order valence-electron chi connectivity index (χ3n) is 7.09. The summed E-state index contributed by atoms with van der Waals surface area (Å²) < 4.78 is 34.1. The van der Waals surface area contributed by atoms with Gasteiger partial charge in [-0.3, -0.25) is 9.71 Å². The topological polar surface area (TPSA) is 109 Å². The summed E-state index contributed by atoms with van der Waals surface area (Å²) in [5.74, 6) is 1.32. The molecule has 0 radical (unpaired) electrons. The predicted molar refractivity (Wildman–Crippen MR) is 155 cm³/mol. The van der Waals surface area contributed by atoms with Crippen LogP contribution in [0.1, 0.15) is 42.5 Å². The van der Waals surface area contributed by atoms with Crippen LogP contribution >= 0.6 is 24.8 Å². The first-order valence-corrected chi connectivity index (χ1v) is 13.8. The van der Waals surface area contributed by atoms with Crippen LogP contribution in [-0.4, -0.2) is 39.7 Å². The number of nitrogens with zero attached hydrogens (tertiary/aromatic N) is 1. The summed E-state index contributed by atoms with van der Waals surface area (Å²) in [5, 5.41) is 13.1. The predicted octanol–water partition coefficient (Wildman–Crippen LogP) is 4.80. The van der Waals surface area contributed by atoms with Gasteiger partial charge in [0, 0.05) is 24.4 Å². The number of fused-ring (bicyclic) bond motifs is 2. The zero-order valence-corrected chi connectivity index (χ0v) is 23.2. The Morgan fingerprint density at radius 2 is 1.89 bits per heavy atom. The van der Waals surface area contributed by atoms with Gasteiger partial charge in [0.1, 0.15) is 11.6 Å². The molecule has 7 nitrogen and oxygen atoms in total. The second kappa shape index (κ2) is 11.9. The van der Waals surface area contributed by atoms with Crippen LogP contribution in [0, 0.1) is 11.3 Å². The number of benzene rings is 3. The molecule has 0 spiro atoms. The first-order chi connectivity index (χ1) is 16.9. The van der Waals surface area contributed by atoms with Gasteiger partial charge < -0.3 is 15.8 Å². The van der Waals surface area contributed by atoms with Crippen molar-refractivity contribution in [2.75, 3.05) is 29.8 Å². The van der Waals surface area contributed by atoms with Gasteiger partial charge in [-0.15, -0.1) is 24.8 Å². The van der Waals surface area contributed by atoms with E-state index >= 15 is 0 Å². The van der Waals surface area contributed by atoms with Gasteiger partial charge in [0.25, 0.3) is 0 Å². The number of hydrogen-bond acceptors (Lipinski definition) is 5. The minimum atomic E-state index is -3.50. The van der Waals surface area contributed by atoms with Gasteiger partial charge >= 0.3 is 0 Å². The molecule has 0 aliphatic carbocycles. The number of hydrogen-bond donors (Lipinski definition) is 3. The Labute approximate surface area is 231 Å². The molecule has 1 saturated heterocycles. The largest absolute Gasteiger partial charge is 0.493 e. The van der Waals surface area contributed by atoms with Crippen LogP contribution in [0.25, 0.3) is 10.8 Å². The number of nitrogen functional groups attached to an aromatic ring is 1. The summed E-state index contributed by atoms with van der Waals surface area (Å²) in [6, 6.07) is 17.1. The number of piperidine rings is 1.